The Hall–Kier alpha value is -3.38. The van der Waals surface area contributed by atoms with Crippen LogP contribution >= 0.6 is 0 Å². The highest BCUT2D eigenvalue weighted by atomic mass is 32.2. The Morgan fingerprint density at radius 1 is 0.867 bits per heavy atom. The van der Waals surface area contributed by atoms with Crippen molar-refractivity contribution >= 4 is 48.5 Å². The van der Waals surface area contributed by atoms with E-state index in [4.69, 9.17) is 4.98 Å². The summed E-state index contributed by atoms with van der Waals surface area (Å²) in [4.78, 5) is 5.16. The molecular formula is C24H21N3O2S. The van der Waals surface area contributed by atoms with Crippen molar-refractivity contribution in [2.45, 2.75) is 11.8 Å². The fourth-order valence-corrected chi connectivity index (χ4v) is 5.31. The maximum Gasteiger partial charge on any atom is 0.264 e. The van der Waals surface area contributed by atoms with Crippen molar-refractivity contribution in [3.8, 4) is 0 Å². The van der Waals surface area contributed by atoms with E-state index in [1.807, 2.05) is 79.2 Å². The van der Waals surface area contributed by atoms with Crippen LogP contribution in [0.1, 0.15) is 5.56 Å². The lowest BCUT2D eigenvalue weighted by Crippen LogP contribution is -2.27. The van der Waals surface area contributed by atoms with Crippen LogP contribution in [0.2, 0.25) is 0 Å². The maximum atomic E-state index is 13.6. The van der Waals surface area contributed by atoms with E-state index >= 15 is 0 Å². The molecule has 5 nitrogen and oxygen atoms in total. The predicted molar refractivity (Wildman–Crippen MR) is 122 cm³/mol. The molecule has 5 aromatic rings. The Labute approximate surface area is 175 Å². The van der Waals surface area contributed by atoms with Crippen molar-refractivity contribution in [1.82, 2.24) is 9.55 Å². The van der Waals surface area contributed by atoms with Gasteiger partial charge in [-0.05, 0) is 31.2 Å². The molecule has 0 N–H and O–H groups in total. The van der Waals surface area contributed by atoms with E-state index in [-0.39, 0.29) is 4.90 Å². The van der Waals surface area contributed by atoms with Crippen LogP contribution in [-0.2, 0) is 17.1 Å². The Balaban J connectivity index is 1.90. The van der Waals surface area contributed by atoms with Crippen LogP contribution in [0, 0.1) is 6.92 Å². The fourth-order valence-electron chi connectivity index (χ4n) is 4.08. The van der Waals surface area contributed by atoms with Crippen molar-refractivity contribution in [1.29, 1.82) is 0 Å². The summed E-state index contributed by atoms with van der Waals surface area (Å²) >= 11 is 0. The molecule has 5 rings (SSSR count). The Bertz CT molecular complexity index is 1530. The second-order valence-corrected chi connectivity index (χ2v) is 9.51. The molecule has 30 heavy (non-hydrogen) atoms. The van der Waals surface area contributed by atoms with E-state index in [1.165, 1.54) is 4.31 Å². The Kier molecular flexibility index (Phi) is 4.08. The fraction of sp³-hybridized carbons (Fsp3) is 0.125. The summed E-state index contributed by atoms with van der Waals surface area (Å²) < 4.78 is 30.5. The number of aryl methyl sites for hydroxylation is 2. The lowest BCUT2D eigenvalue weighted by atomic mass is 10.1. The molecule has 0 amide bonds. The number of rotatable bonds is 3. The zero-order valence-corrected chi connectivity index (χ0v) is 17.8. The van der Waals surface area contributed by atoms with Gasteiger partial charge in [-0.3, -0.25) is 4.31 Å². The largest absolute Gasteiger partial charge is 0.341 e. The molecular weight excluding hydrogens is 394 g/mol. The number of fused-ring (bicyclic) bond motifs is 4. The van der Waals surface area contributed by atoms with Crippen molar-refractivity contribution < 1.29 is 8.42 Å². The minimum absolute atomic E-state index is 0.267. The normalized spacial score (nSPS) is 12.1. The molecule has 2 aromatic heterocycles. The lowest BCUT2D eigenvalue weighted by Gasteiger charge is -2.23. The van der Waals surface area contributed by atoms with Crippen LogP contribution in [0.25, 0.3) is 32.8 Å². The van der Waals surface area contributed by atoms with Crippen LogP contribution in [0.5, 0.6) is 0 Å². The topological polar surface area (TPSA) is 55.2 Å². The van der Waals surface area contributed by atoms with Gasteiger partial charge >= 0.3 is 0 Å². The number of pyridine rings is 1. The third kappa shape index (κ3) is 2.60. The van der Waals surface area contributed by atoms with Crippen molar-refractivity contribution in [2.75, 3.05) is 11.4 Å². The van der Waals surface area contributed by atoms with Gasteiger partial charge in [0.05, 0.1) is 32.6 Å². The monoisotopic (exact) mass is 415 g/mol. The molecule has 0 aliphatic heterocycles. The van der Waals surface area contributed by atoms with Crippen LogP contribution in [-0.4, -0.2) is 25.0 Å². The summed E-state index contributed by atoms with van der Waals surface area (Å²) in [5.74, 6) is 0. The van der Waals surface area contributed by atoms with Crippen LogP contribution in [0.15, 0.2) is 77.7 Å². The standard InChI is InChI=1S/C24H21N3O2S/c1-16-12-14-17(15-13-16)30(28,29)27(3)23-18-8-4-6-10-20(18)25-22-19-9-5-7-11-21(19)26(2)24(22)23/h4-15H,1-3H3. The molecule has 0 unspecified atom stereocenters. The van der Waals surface area contributed by atoms with Gasteiger partial charge in [0.2, 0.25) is 0 Å². The first-order valence-corrected chi connectivity index (χ1v) is 11.1. The molecule has 0 aliphatic carbocycles. The number of anilines is 1. The highest BCUT2D eigenvalue weighted by molar-refractivity contribution is 7.92. The van der Waals surface area contributed by atoms with Gasteiger partial charge in [-0.1, -0.05) is 54.1 Å². The van der Waals surface area contributed by atoms with Gasteiger partial charge in [0.15, 0.2) is 0 Å². The zero-order valence-electron chi connectivity index (χ0n) is 17.0. The van der Waals surface area contributed by atoms with Gasteiger partial charge in [0, 0.05) is 24.9 Å². The number of hydrogen-bond donors (Lipinski definition) is 0. The van der Waals surface area contributed by atoms with Gasteiger partial charge in [0.1, 0.15) is 0 Å². The molecule has 0 radical (unpaired) electrons. The molecule has 0 saturated carbocycles. The van der Waals surface area contributed by atoms with Gasteiger partial charge in [-0.2, -0.15) is 0 Å². The first kappa shape index (κ1) is 18.6. The second-order valence-electron chi connectivity index (χ2n) is 7.54. The summed E-state index contributed by atoms with van der Waals surface area (Å²) in [6.45, 7) is 1.94. The molecule has 0 saturated heterocycles. The Morgan fingerprint density at radius 3 is 2.23 bits per heavy atom. The molecule has 0 bridgehead atoms. The molecule has 150 valence electrons. The highest BCUT2D eigenvalue weighted by Gasteiger charge is 2.27. The number of sulfonamides is 1. The average Bonchev–Trinajstić information content (AvgIpc) is 3.04. The van der Waals surface area contributed by atoms with Crippen molar-refractivity contribution in [3.05, 3.63) is 78.4 Å². The van der Waals surface area contributed by atoms with Crippen LogP contribution in [0.4, 0.5) is 5.69 Å². The quantitative estimate of drug-likeness (QED) is 0.416. The lowest BCUT2D eigenvalue weighted by molar-refractivity contribution is 0.594. The van der Waals surface area contributed by atoms with Gasteiger partial charge in [0.25, 0.3) is 10.0 Å². The molecule has 0 atom stereocenters. The summed E-state index contributed by atoms with van der Waals surface area (Å²) in [5, 5.41) is 1.80. The number of para-hydroxylation sites is 2. The Morgan fingerprint density at radius 2 is 1.50 bits per heavy atom. The van der Waals surface area contributed by atoms with Gasteiger partial charge < -0.3 is 4.57 Å². The van der Waals surface area contributed by atoms with Crippen molar-refractivity contribution in [2.24, 2.45) is 7.05 Å². The predicted octanol–water partition coefficient (Wildman–Crippen LogP) is 5.01. The number of aromatic nitrogens is 2. The summed E-state index contributed by atoms with van der Waals surface area (Å²) in [6, 6.07) is 22.6. The van der Waals surface area contributed by atoms with E-state index < -0.39 is 10.0 Å². The summed E-state index contributed by atoms with van der Waals surface area (Å²) in [7, 11) is -0.179. The molecule has 6 heteroatoms. The third-order valence-electron chi connectivity index (χ3n) is 5.69. The third-order valence-corrected chi connectivity index (χ3v) is 7.46. The number of nitrogens with zero attached hydrogens (tertiary/aromatic N) is 3. The number of hydrogen-bond acceptors (Lipinski definition) is 3. The van der Waals surface area contributed by atoms with Gasteiger partial charge in [-0.25, -0.2) is 13.4 Å². The highest BCUT2D eigenvalue weighted by Crippen LogP contribution is 2.39. The minimum atomic E-state index is -3.75. The van der Waals surface area contributed by atoms with E-state index in [1.54, 1.807) is 19.2 Å². The van der Waals surface area contributed by atoms with E-state index in [0.717, 1.165) is 38.4 Å². The molecule has 0 aliphatic rings. The summed E-state index contributed by atoms with van der Waals surface area (Å²) in [6.07, 6.45) is 0. The van der Waals surface area contributed by atoms with Gasteiger partial charge in [-0.15, -0.1) is 0 Å². The van der Waals surface area contributed by atoms with Crippen molar-refractivity contribution in [3.63, 3.8) is 0 Å². The van der Waals surface area contributed by atoms with E-state index in [0.29, 0.717) is 5.69 Å². The van der Waals surface area contributed by atoms with Crippen LogP contribution < -0.4 is 4.31 Å². The van der Waals surface area contributed by atoms with E-state index in [9.17, 15) is 8.42 Å². The summed E-state index contributed by atoms with van der Waals surface area (Å²) in [5.41, 5.74) is 5.03. The minimum Gasteiger partial charge on any atom is -0.341 e. The molecule has 0 fully saturated rings. The smallest absolute Gasteiger partial charge is 0.264 e. The maximum absolute atomic E-state index is 13.6. The first-order chi connectivity index (χ1) is 14.4. The molecule has 0 spiro atoms. The van der Waals surface area contributed by atoms with E-state index in [2.05, 4.69) is 0 Å². The SMILES string of the molecule is Cc1ccc(S(=O)(=O)N(C)c2c3ccccc3nc3c4ccccc4n(C)c23)cc1. The molecule has 3 aromatic carbocycles. The molecule has 2 heterocycles. The average molecular weight is 416 g/mol. The zero-order chi connectivity index (χ0) is 21.0. The van der Waals surface area contributed by atoms with Crippen LogP contribution in [0.3, 0.4) is 0 Å². The first-order valence-electron chi connectivity index (χ1n) is 9.71. The second kappa shape index (κ2) is 6.57. The number of benzene rings is 3.